The predicted octanol–water partition coefficient (Wildman–Crippen LogP) is 6.48. The molecule has 0 amide bonds. The van der Waals surface area contributed by atoms with Crippen molar-refractivity contribution in [2.45, 2.75) is 5.03 Å². The minimum atomic E-state index is -0.248. The van der Waals surface area contributed by atoms with Crippen molar-refractivity contribution in [2.75, 3.05) is 18.6 Å². The lowest BCUT2D eigenvalue weighted by molar-refractivity contribution is 0.103. The zero-order valence-corrected chi connectivity index (χ0v) is 18.0. The molecular formula is C18H13Cl4N3OS. The first-order chi connectivity index (χ1) is 12.9. The van der Waals surface area contributed by atoms with Crippen LogP contribution in [0.15, 0.2) is 41.4 Å². The number of anilines is 1. The Bertz CT molecular complexity index is 1010. The second-order valence-corrected chi connectivity index (χ2v) is 7.87. The van der Waals surface area contributed by atoms with Gasteiger partial charge in [-0.25, -0.2) is 4.68 Å². The van der Waals surface area contributed by atoms with Crippen molar-refractivity contribution in [3.05, 3.63) is 67.6 Å². The molecule has 3 aromatic rings. The first-order valence-electron chi connectivity index (χ1n) is 7.68. The number of rotatable bonds is 5. The fourth-order valence-corrected chi connectivity index (χ4v) is 4.41. The molecule has 0 unspecified atom stereocenters. The van der Waals surface area contributed by atoms with Gasteiger partial charge in [0, 0.05) is 17.6 Å². The molecular weight excluding hydrogens is 448 g/mol. The Balaban J connectivity index is 2.27. The van der Waals surface area contributed by atoms with E-state index in [1.54, 1.807) is 43.4 Å². The maximum Gasteiger partial charge on any atom is 0.201 e. The van der Waals surface area contributed by atoms with Gasteiger partial charge in [0.05, 0.1) is 20.6 Å². The molecule has 0 radical (unpaired) electrons. The van der Waals surface area contributed by atoms with Crippen LogP contribution in [0.3, 0.4) is 0 Å². The van der Waals surface area contributed by atoms with Gasteiger partial charge >= 0.3 is 0 Å². The van der Waals surface area contributed by atoms with Crippen LogP contribution in [0.5, 0.6) is 0 Å². The number of halogens is 4. The molecule has 27 heavy (non-hydrogen) atoms. The maximum absolute atomic E-state index is 13.2. The SMILES string of the molecule is CNc1c(C(=O)c2ccccc2Cl)c(SC)nn1-c1c(Cl)cc(Cl)cc1Cl. The zero-order chi connectivity index (χ0) is 19.7. The van der Waals surface area contributed by atoms with E-state index in [1.807, 2.05) is 6.26 Å². The van der Waals surface area contributed by atoms with Crippen LogP contribution < -0.4 is 5.32 Å². The molecule has 0 saturated carbocycles. The molecule has 3 rings (SSSR count). The topological polar surface area (TPSA) is 46.9 Å². The highest BCUT2D eigenvalue weighted by molar-refractivity contribution is 7.98. The number of hydrogen-bond donors (Lipinski definition) is 1. The molecule has 1 aromatic heterocycles. The number of ketones is 1. The second-order valence-electron chi connectivity index (χ2n) is 5.42. The summed E-state index contributed by atoms with van der Waals surface area (Å²) in [6.07, 6.45) is 1.83. The van der Waals surface area contributed by atoms with Crippen LogP contribution >= 0.6 is 58.2 Å². The molecule has 1 N–H and O–H groups in total. The van der Waals surface area contributed by atoms with Gasteiger partial charge in [0.1, 0.15) is 16.5 Å². The van der Waals surface area contributed by atoms with E-state index in [0.717, 1.165) is 0 Å². The Labute approximate surface area is 180 Å². The standard InChI is InChI=1S/C18H13Cl4N3OS/c1-23-17-14(16(26)10-5-3-4-6-11(10)20)18(27-2)24-25(17)15-12(21)7-9(19)8-13(15)22/h3-8,23H,1-2H3. The van der Waals surface area contributed by atoms with Crippen molar-refractivity contribution >= 4 is 69.8 Å². The van der Waals surface area contributed by atoms with Crippen LogP contribution in [0.2, 0.25) is 20.1 Å². The summed E-state index contributed by atoms with van der Waals surface area (Å²) < 4.78 is 1.51. The second kappa shape index (κ2) is 8.33. The Kier molecular flexibility index (Phi) is 6.28. The van der Waals surface area contributed by atoms with Crippen molar-refractivity contribution in [2.24, 2.45) is 0 Å². The highest BCUT2D eigenvalue weighted by atomic mass is 35.5. The molecule has 0 aliphatic carbocycles. The highest BCUT2D eigenvalue weighted by Crippen LogP contribution is 2.38. The molecule has 0 bridgehead atoms. The lowest BCUT2D eigenvalue weighted by atomic mass is 10.1. The molecule has 0 atom stereocenters. The first-order valence-corrected chi connectivity index (χ1v) is 10.4. The third-order valence-corrected chi connectivity index (χ3v) is 5.62. The lowest BCUT2D eigenvalue weighted by Gasteiger charge is -2.12. The van der Waals surface area contributed by atoms with Gasteiger partial charge in [-0.1, -0.05) is 58.5 Å². The molecule has 0 aliphatic heterocycles. The van der Waals surface area contributed by atoms with E-state index >= 15 is 0 Å². The number of nitrogens with one attached hydrogen (secondary N) is 1. The van der Waals surface area contributed by atoms with Gasteiger partial charge in [-0.05, 0) is 30.5 Å². The number of aromatic nitrogens is 2. The van der Waals surface area contributed by atoms with Gasteiger partial charge in [0.2, 0.25) is 5.78 Å². The number of nitrogens with zero attached hydrogens (tertiary/aromatic N) is 2. The zero-order valence-electron chi connectivity index (χ0n) is 14.2. The maximum atomic E-state index is 13.2. The van der Waals surface area contributed by atoms with E-state index in [2.05, 4.69) is 10.4 Å². The summed E-state index contributed by atoms with van der Waals surface area (Å²) >= 11 is 26.3. The smallest absolute Gasteiger partial charge is 0.201 e. The fraction of sp³-hybridized carbons (Fsp3) is 0.111. The molecule has 9 heteroatoms. The van der Waals surface area contributed by atoms with Crippen molar-refractivity contribution in [1.29, 1.82) is 0 Å². The average Bonchev–Trinajstić information content (AvgIpc) is 2.99. The van der Waals surface area contributed by atoms with Gasteiger partial charge < -0.3 is 5.32 Å². The summed E-state index contributed by atoms with van der Waals surface area (Å²) in [5.74, 6) is 0.206. The number of carbonyl (C=O) groups is 1. The Hall–Kier alpha value is -1.37. The molecule has 0 fully saturated rings. The third kappa shape index (κ3) is 3.80. The highest BCUT2D eigenvalue weighted by Gasteiger charge is 2.27. The van der Waals surface area contributed by atoms with Crippen LogP contribution in [0.1, 0.15) is 15.9 Å². The molecule has 2 aromatic carbocycles. The minimum absolute atomic E-state index is 0.248. The number of carbonyl (C=O) groups excluding carboxylic acids is 1. The lowest BCUT2D eigenvalue weighted by Crippen LogP contribution is -2.09. The van der Waals surface area contributed by atoms with Crippen LogP contribution in [-0.4, -0.2) is 28.9 Å². The van der Waals surface area contributed by atoms with Gasteiger partial charge in [0.25, 0.3) is 0 Å². The fourth-order valence-electron chi connectivity index (χ4n) is 2.66. The number of hydrogen-bond acceptors (Lipinski definition) is 4. The van der Waals surface area contributed by atoms with E-state index < -0.39 is 0 Å². The summed E-state index contributed by atoms with van der Waals surface area (Å²) in [7, 11) is 1.69. The van der Waals surface area contributed by atoms with Gasteiger partial charge in [0.15, 0.2) is 0 Å². The van der Waals surface area contributed by atoms with E-state index in [9.17, 15) is 4.79 Å². The normalized spacial score (nSPS) is 10.9. The van der Waals surface area contributed by atoms with Crippen LogP contribution in [0.4, 0.5) is 5.82 Å². The Morgan fingerprint density at radius 3 is 2.26 bits per heavy atom. The Morgan fingerprint density at radius 2 is 1.70 bits per heavy atom. The number of thioether (sulfide) groups is 1. The summed E-state index contributed by atoms with van der Waals surface area (Å²) in [6.45, 7) is 0. The summed E-state index contributed by atoms with van der Waals surface area (Å²) in [5, 5.41) is 9.49. The van der Waals surface area contributed by atoms with Gasteiger partial charge in [-0.2, -0.15) is 5.10 Å². The molecule has 4 nitrogen and oxygen atoms in total. The van der Waals surface area contributed by atoms with Crippen LogP contribution in [0, 0.1) is 0 Å². The van der Waals surface area contributed by atoms with Crippen molar-refractivity contribution < 1.29 is 4.79 Å². The van der Waals surface area contributed by atoms with Gasteiger partial charge in [-0.3, -0.25) is 4.79 Å². The van der Waals surface area contributed by atoms with Crippen molar-refractivity contribution in [1.82, 2.24) is 9.78 Å². The molecule has 0 saturated heterocycles. The molecule has 0 aliphatic rings. The quantitative estimate of drug-likeness (QED) is 0.349. The summed E-state index contributed by atoms with van der Waals surface area (Å²) in [4.78, 5) is 13.2. The molecule has 1 heterocycles. The number of benzene rings is 2. The summed E-state index contributed by atoms with van der Waals surface area (Å²) in [5.41, 5.74) is 1.21. The first kappa shape index (κ1) is 20.4. The van der Waals surface area contributed by atoms with E-state index in [-0.39, 0.29) is 5.78 Å². The van der Waals surface area contributed by atoms with E-state index in [1.165, 1.54) is 16.4 Å². The Morgan fingerprint density at radius 1 is 1.07 bits per heavy atom. The van der Waals surface area contributed by atoms with Crippen molar-refractivity contribution in [3.63, 3.8) is 0 Å². The third-order valence-electron chi connectivity index (χ3n) is 3.82. The van der Waals surface area contributed by atoms with Crippen molar-refractivity contribution in [3.8, 4) is 5.69 Å². The predicted molar refractivity (Wildman–Crippen MR) is 115 cm³/mol. The van der Waals surface area contributed by atoms with Gasteiger partial charge in [-0.15, -0.1) is 11.8 Å². The largest absolute Gasteiger partial charge is 0.372 e. The van der Waals surface area contributed by atoms with E-state index in [0.29, 0.717) is 47.7 Å². The van der Waals surface area contributed by atoms with Crippen LogP contribution in [0.25, 0.3) is 5.69 Å². The van der Waals surface area contributed by atoms with E-state index in [4.69, 9.17) is 46.4 Å². The molecule has 140 valence electrons. The average molecular weight is 461 g/mol. The monoisotopic (exact) mass is 459 g/mol. The molecule has 0 spiro atoms. The summed E-state index contributed by atoms with van der Waals surface area (Å²) in [6, 6.07) is 10.0. The van der Waals surface area contributed by atoms with Crippen LogP contribution in [-0.2, 0) is 0 Å². The minimum Gasteiger partial charge on any atom is -0.372 e.